The zero-order chi connectivity index (χ0) is 14.9. The zero-order valence-electron chi connectivity index (χ0n) is 11.3. The van der Waals surface area contributed by atoms with Crippen LogP contribution < -0.4 is 5.32 Å². The molecular formula is C14H14Cl3N3. The Morgan fingerprint density at radius 2 is 1.75 bits per heavy atom. The number of aromatic nitrogens is 2. The molecule has 0 saturated carbocycles. The number of rotatable bonds is 3. The first-order valence-corrected chi connectivity index (χ1v) is 7.24. The summed E-state index contributed by atoms with van der Waals surface area (Å²) in [6.45, 7) is 5.87. The lowest BCUT2D eigenvalue weighted by molar-refractivity contribution is 0.853. The second-order valence-electron chi connectivity index (χ2n) is 4.62. The van der Waals surface area contributed by atoms with E-state index in [2.05, 4.69) is 15.5 Å². The van der Waals surface area contributed by atoms with Gasteiger partial charge in [-0.15, -0.1) is 10.2 Å². The topological polar surface area (TPSA) is 37.8 Å². The molecule has 0 fully saturated rings. The number of hydrogen-bond donors (Lipinski definition) is 1. The maximum atomic E-state index is 6.21. The van der Waals surface area contributed by atoms with Crippen molar-refractivity contribution in [3.63, 3.8) is 0 Å². The lowest BCUT2D eigenvalue weighted by Gasteiger charge is -2.18. The summed E-state index contributed by atoms with van der Waals surface area (Å²) in [5.41, 5.74) is 2.84. The van der Waals surface area contributed by atoms with Crippen LogP contribution in [0.1, 0.15) is 29.7 Å². The molecule has 1 atom stereocenters. The second kappa shape index (κ2) is 6.17. The summed E-state index contributed by atoms with van der Waals surface area (Å²) in [7, 11) is 0. The molecule has 0 aliphatic rings. The molecule has 0 spiro atoms. The van der Waals surface area contributed by atoms with E-state index in [-0.39, 0.29) is 6.04 Å². The molecule has 6 heteroatoms. The molecule has 0 aliphatic carbocycles. The molecule has 20 heavy (non-hydrogen) atoms. The van der Waals surface area contributed by atoms with Gasteiger partial charge in [0.25, 0.3) is 0 Å². The molecule has 0 aliphatic heterocycles. The SMILES string of the molecule is Cc1c(Cl)nnc(NC(C)c2ccc(Cl)cc2Cl)c1C. The minimum atomic E-state index is -0.0201. The van der Waals surface area contributed by atoms with E-state index in [1.165, 1.54) is 0 Å². The molecule has 1 aromatic carbocycles. The van der Waals surface area contributed by atoms with Crippen molar-refractivity contribution < 1.29 is 0 Å². The number of nitrogens with one attached hydrogen (secondary N) is 1. The van der Waals surface area contributed by atoms with Crippen LogP contribution in [0.4, 0.5) is 5.82 Å². The maximum absolute atomic E-state index is 6.21. The van der Waals surface area contributed by atoms with Crippen molar-refractivity contribution >= 4 is 40.6 Å². The summed E-state index contributed by atoms with van der Waals surface area (Å²) in [6, 6.07) is 5.41. The van der Waals surface area contributed by atoms with E-state index in [9.17, 15) is 0 Å². The van der Waals surface area contributed by atoms with Gasteiger partial charge in [0.2, 0.25) is 0 Å². The van der Waals surface area contributed by atoms with Crippen LogP contribution in [0.3, 0.4) is 0 Å². The highest BCUT2D eigenvalue weighted by atomic mass is 35.5. The van der Waals surface area contributed by atoms with Crippen molar-refractivity contribution in [1.29, 1.82) is 0 Å². The Kier molecular flexibility index (Phi) is 4.74. The van der Waals surface area contributed by atoms with Crippen LogP contribution in [0.25, 0.3) is 0 Å². The predicted molar refractivity (Wildman–Crippen MR) is 85.0 cm³/mol. The third kappa shape index (κ3) is 3.17. The molecule has 2 aromatic rings. The van der Waals surface area contributed by atoms with Gasteiger partial charge in [-0.3, -0.25) is 0 Å². The van der Waals surface area contributed by atoms with Crippen molar-refractivity contribution in [2.24, 2.45) is 0 Å². The first-order chi connectivity index (χ1) is 9.40. The molecule has 3 nitrogen and oxygen atoms in total. The molecule has 1 N–H and O–H groups in total. The lowest BCUT2D eigenvalue weighted by atomic mass is 10.1. The van der Waals surface area contributed by atoms with E-state index in [0.29, 0.717) is 21.0 Å². The summed E-state index contributed by atoms with van der Waals surface area (Å²) in [4.78, 5) is 0. The van der Waals surface area contributed by atoms with E-state index < -0.39 is 0 Å². The predicted octanol–water partition coefficient (Wildman–Crippen LogP) is 5.23. The maximum Gasteiger partial charge on any atom is 0.155 e. The van der Waals surface area contributed by atoms with Crippen molar-refractivity contribution in [1.82, 2.24) is 10.2 Å². The van der Waals surface area contributed by atoms with Gasteiger partial charge in [0.1, 0.15) is 0 Å². The van der Waals surface area contributed by atoms with Crippen LogP contribution in [0.2, 0.25) is 15.2 Å². The number of anilines is 1. The summed E-state index contributed by atoms with van der Waals surface area (Å²) >= 11 is 18.1. The van der Waals surface area contributed by atoms with Gasteiger partial charge < -0.3 is 5.32 Å². The van der Waals surface area contributed by atoms with Gasteiger partial charge >= 0.3 is 0 Å². The molecule has 0 radical (unpaired) electrons. The van der Waals surface area contributed by atoms with Crippen LogP contribution in [0.5, 0.6) is 0 Å². The number of benzene rings is 1. The van der Waals surface area contributed by atoms with E-state index in [1.807, 2.05) is 32.9 Å². The highest BCUT2D eigenvalue weighted by Gasteiger charge is 2.14. The Bertz CT molecular complexity index is 644. The number of hydrogen-bond acceptors (Lipinski definition) is 3. The molecule has 106 valence electrons. The largest absolute Gasteiger partial charge is 0.362 e. The van der Waals surface area contributed by atoms with Gasteiger partial charge in [-0.25, -0.2) is 0 Å². The van der Waals surface area contributed by atoms with Gasteiger partial charge in [-0.05, 0) is 49.6 Å². The quantitative estimate of drug-likeness (QED) is 0.837. The van der Waals surface area contributed by atoms with Crippen LogP contribution in [0, 0.1) is 13.8 Å². The molecule has 0 amide bonds. The van der Waals surface area contributed by atoms with Crippen LogP contribution in [-0.2, 0) is 0 Å². The molecular weight excluding hydrogens is 317 g/mol. The van der Waals surface area contributed by atoms with Crippen LogP contribution in [-0.4, -0.2) is 10.2 Å². The molecule has 1 unspecified atom stereocenters. The second-order valence-corrected chi connectivity index (χ2v) is 5.82. The van der Waals surface area contributed by atoms with Crippen LogP contribution >= 0.6 is 34.8 Å². The van der Waals surface area contributed by atoms with Crippen molar-refractivity contribution in [3.8, 4) is 0 Å². The van der Waals surface area contributed by atoms with Crippen molar-refractivity contribution in [3.05, 3.63) is 50.1 Å². The fourth-order valence-corrected chi connectivity index (χ4v) is 2.60. The van der Waals surface area contributed by atoms with E-state index in [0.717, 1.165) is 16.7 Å². The smallest absolute Gasteiger partial charge is 0.155 e. The van der Waals surface area contributed by atoms with Gasteiger partial charge in [-0.2, -0.15) is 0 Å². The van der Waals surface area contributed by atoms with Gasteiger partial charge in [0.15, 0.2) is 11.0 Å². The Hall–Kier alpha value is -1.03. The highest BCUT2D eigenvalue weighted by molar-refractivity contribution is 6.35. The third-order valence-corrected chi connectivity index (χ3v) is 4.17. The van der Waals surface area contributed by atoms with Crippen LogP contribution in [0.15, 0.2) is 18.2 Å². The minimum absolute atomic E-state index is 0.0201. The molecule has 2 rings (SSSR count). The minimum Gasteiger partial charge on any atom is -0.362 e. The van der Waals surface area contributed by atoms with E-state index in [4.69, 9.17) is 34.8 Å². The molecule has 1 heterocycles. The Morgan fingerprint density at radius 1 is 1.05 bits per heavy atom. The fourth-order valence-electron chi connectivity index (χ4n) is 1.85. The highest BCUT2D eigenvalue weighted by Crippen LogP contribution is 2.29. The summed E-state index contributed by atoms with van der Waals surface area (Å²) < 4.78 is 0. The molecule has 0 saturated heterocycles. The normalized spacial score (nSPS) is 12.3. The Balaban J connectivity index is 2.28. The van der Waals surface area contributed by atoms with E-state index in [1.54, 1.807) is 6.07 Å². The average Bonchev–Trinajstić information content (AvgIpc) is 2.39. The monoisotopic (exact) mass is 329 g/mol. The Labute approximate surface area is 133 Å². The average molecular weight is 331 g/mol. The van der Waals surface area contributed by atoms with Gasteiger partial charge in [0, 0.05) is 10.0 Å². The summed E-state index contributed by atoms with van der Waals surface area (Å²) in [6.07, 6.45) is 0. The first-order valence-electron chi connectivity index (χ1n) is 6.11. The van der Waals surface area contributed by atoms with Crippen molar-refractivity contribution in [2.75, 3.05) is 5.32 Å². The number of nitrogens with zero attached hydrogens (tertiary/aromatic N) is 2. The van der Waals surface area contributed by atoms with Crippen molar-refractivity contribution in [2.45, 2.75) is 26.8 Å². The Morgan fingerprint density at radius 3 is 2.40 bits per heavy atom. The molecule has 0 bridgehead atoms. The van der Waals surface area contributed by atoms with Gasteiger partial charge in [0.05, 0.1) is 6.04 Å². The lowest BCUT2D eigenvalue weighted by Crippen LogP contribution is -2.11. The number of halogens is 3. The standard InChI is InChI=1S/C14H14Cl3N3/c1-7-8(2)14(20-19-13(7)17)18-9(3)11-5-4-10(15)6-12(11)16/h4-6,9H,1-3H3,(H,18,20). The van der Waals surface area contributed by atoms with E-state index >= 15 is 0 Å². The molecule has 1 aromatic heterocycles. The summed E-state index contributed by atoms with van der Waals surface area (Å²) in [5, 5.41) is 13.0. The van der Waals surface area contributed by atoms with Gasteiger partial charge in [-0.1, -0.05) is 40.9 Å². The fraction of sp³-hybridized carbons (Fsp3) is 0.286. The zero-order valence-corrected chi connectivity index (χ0v) is 13.6. The summed E-state index contributed by atoms with van der Waals surface area (Å²) in [5.74, 6) is 0.699. The first kappa shape index (κ1) is 15.4. The third-order valence-electron chi connectivity index (χ3n) is 3.25.